The van der Waals surface area contributed by atoms with E-state index in [1.165, 1.54) is 263 Å². The highest BCUT2D eigenvalue weighted by Gasteiger charge is 2.18. The molecule has 0 bridgehead atoms. The number of unbranched alkanes of at least 4 members (excludes halogenated alkanes) is 44. The number of amides is 1. The van der Waals surface area contributed by atoms with E-state index in [0.29, 0.717) is 19.4 Å². The number of hydrogen-bond acceptors (Lipinski definition) is 5. The lowest BCUT2D eigenvalue weighted by molar-refractivity contribution is -0.143. The van der Waals surface area contributed by atoms with Crippen LogP contribution in [0, 0.1) is 0 Å². The van der Waals surface area contributed by atoms with Gasteiger partial charge in [0.1, 0.15) is 0 Å². The molecule has 0 fully saturated rings. The van der Waals surface area contributed by atoms with Gasteiger partial charge >= 0.3 is 5.97 Å². The van der Waals surface area contributed by atoms with Crippen LogP contribution in [0.25, 0.3) is 0 Å². The first kappa shape index (κ1) is 69.1. The number of esters is 1. The van der Waals surface area contributed by atoms with E-state index in [2.05, 4.69) is 43.5 Å². The fraction of sp³-hybridized carbons (Fsp3) is 0.877. The third-order valence-electron chi connectivity index (χ3n) is 14.7. The van der Waals surface area contributed by atoms with E-state index in [9.17, 15) is 19.8 Å². The van der Waals surface area contributed by atoms with E-state index in [4.69, 9.17) is 4.74 Å². The number of aliphatic hydroxyl groups excluding tert-OH is 2. The number of aliphatic hydroxyl groups is 2. The van der Waals surface area contributed by atoms with Gasteiger partial charge in [0.15, 0.2) is 0 Å². The first-order valence-corrected chi connectivity index (χ1v) is 31.8. The second-order valence-corrected chi connectivity index (χ2v) is 21.7. The summed E-state index contributed by atoms with van der Waals surface area (Å²) in [7, 11) is 0. The minimum atomic E-state index is -0.848. The average molecular weight is 999 g/mol. The average Bonchev–Trinajstić information content (AvgIpc) is 3.37. The topological polar surface area (TPSA) is 95.9 Å². The number of carbonyl (C=O) groups excluding carboxylic acids is 2. The van der Waals surface area contributed by atoms with Crippen LogP contribution in [-0.2, 0) is 14.3 Å². The first-order chi connectivity index (χ1) is 35.0. The molecule has 2 unspecified atom stereocenters. The number of ether oxygens (including phenoxy) is 1. The summed E-state index contributed by atoms with van der Waals surface area (Å²) < 4.78 is 5.48. The predicted molar refractivity (Wildman–Crippen MR) is 310 cm³/mol. The number of nitrogens with one attached hydrogen (secondary N) is 1. The van der Waals surface area contributed by atoms with Gasteiger partial charge in [0, 0.05) is 12.8 Å². The van der Waals surface area contributed by atoms with Crippen LogP contribution in [0.2, 0.25) is 0 Å². The van der Waals surface area contributed by atoms with Crippen LogP contribution in [0.5, 0.6) is 0 Å². The number of allylic oxidation sites excluding steroid dienone is 5. The molecule has 0 aromatic carbocycles. The Bertz CT molecular complexity index is 1150. The Kier molecular flexibility index (Phi) is 59.0. The molecule has 6 heteroatoms. The van der Waals surface area contributed by atoms with Crippen molar-refractivity contribution in [3.05, 3.63) is 36.5 Å². The van der Waals surface area contributed by atoms with Gasteiger partial charge in [-0.1, -0.05) is 301 Å². The number of carbonyl (C=O) groups is 2. The molecule has 0 saturated carbocycles. The molecule has 418 valence electrons. The van der Waals surface area contributed by atoms with Crippen molar-refractivity contribution in [2.45, 2.75) is 353 Å². The van der Waals surface area contributed by atoms with Gasteiger partial charge in [-0.2, -0.15) is 0 Å². The molecular weight excluding hydrogens is 875 g/mol. The zero-order chi connectivity index (χ0) is 51.4. The van der Waals surface area contributed by atoms with Crippen molar-refractivity contribution in [1.29, 1.82) is 0 Å². The summed E-state index contributed by atoms with van der Waals surface area (Å²) in [5.74, 6) is -0.0740. The minimum Gasteiger partial charge on any atom is -0.466 e. The molecule has 2 atom stereocenters. The van der Waals surface area contributed by atoms with Gasteiger partial charge in [-0.15, -0.1) is 0 Å². The van der Waals surface area contributed by atoms with Gasteiger partial charge in [0.2, 0.25) is 5.91 Å². The third kappa shape index (κ3) is 57.2. The summed E-state index contributed by atoms with van der Waals surface area (Å²) in [6.45, 7) is 4.89. The lowest BCUT2D eigenvalue weighted by atomic mass is 10.0. The highest BCUT2D eigenvalue weighted by Crippen LogP contribution is 2.18. The normalized spacial score (nSPS) is 12.8. The van der Waals surface area contributed by atoms with E-state index in [0.717, 1.165) is 51.4 Å². The first-order valence-electron chi connectivity index (χ1n) is 31.8. The summed E-state index contributed by atoms with van der Waals surface area (Å²) in [5.41, 5.74) is 0. The Hall–Kier alpha value is -1.92. The van der Waals surface area contributed by atoms with E-state index >= 15 is 0 Å². The van der Waals surface area contributed by atoms with Crippen LogP contribution in [0.1, 0.15) is 341 Å². The van der Waals surface area contributed by atoms with Crippen LogP contribution in [0.4, 0.5) is 0 Å². The van der Waals surface area contributed by atoms with Crippen molar-refractivity contribution < 1.29 is 24.5 Å². The second-order valence-electron chi connectivity index (χ2n) is 21.7. The SMILES string of the molecule is CCCCC/C=C\C/C=C\CCCCCCCC(=O)OCCCCCCCCCCCCCCCCCCCCCC(=O)NC(CO)C(O)/C=C/CCCCCCCCCCCCCCCCCCCC. The maximum Gasteiger partial charge on any atom is 0.305 e. The van der Waals surface area contributed by atoms with Gasteiger partial charge in [0.05, 0.1) is 25.4 Å². The Morgan fingerprint density at radius 2 is 0.704 bits per heavy atom. The molecule has 1 amide bonds. The quantitative estimate of drug-likeness (QED) is 0.0321. The zero-order valence-corrected chi connectivity index (χ0v) is 47.7. The maximum absolute atomic E-state index is 12.5. The second kappa shape index (κ2) is 60.6. The van der Waals surface area contributed by atoms with Crippen LogP contribution >= 0.6 is 0 Å². The summed E-state index contributed by atoms with van der Waals surface area (Å²) >= 11 is 0. The summed E-state index contributed by atoms with van der Waals surface area (Å²) in [5, 5.41) is 23.2. The molecule has 3 N–H and O–H groups in total. The molecule has 0 aromatic heterocycles. The van der Waals surface area contributed by atoms with Crippen LogP contribution in [0.15, 0.2) is 36.5 Å². The Balaban J connectivity index is 3.44. The molecule has 0 aromatic rings. The van der Waals surface area contributed by atoms with Gasteiger partial charge < -0.3 is 20.3 Å². The molecule has 0 aliphatic rings. The smallest absolute Gasteiger partial charge is 0.305 e. The van der Waals surface area contributed by atoms with Crippen LogP contribution in [0.3, 0.4) is 0 Å². The van der Waals surface area contributed by atoms with Crippen molar-refractivity contribution in [1.82, 2.24) is 5.32 Å². The van der Waals surface area contributed by atoms with E-state index < -0.39 is 12.1 Å². The standard InChI is InChI=1S/C65H123NO5/c1-3-5-7-9-11-13-15-17-19-20-21-23-26-30-33-37-41-45-49-53-57-63(68)62(61-67)66-64(69)58-54-50-46-42-38-34-31-27-24-22-25-28-32-36-40-44-48-52-56-60-71-65(70)59-55-51-47-43-39-35-29-18-16-14-12-10-8-6-4-2/h12,14,18,29,53,57,62-63,67-68H,3-11,13,15-17,19-28,30-52,54-56,58-61H2,1-2H3,(H,66,69)/b14-12-,29-18-,57-53+. The fourth-order valence-corrected chi connectivity index (χ4v) is 9.78. The van der Waals surface area contributed by atoms with Crippen molar-refractivity contribution in [3.8, 4) is 0 Å². The maximum atomic E-state index is 12.5. The molecule has 71 heavy (non-hydrogen) atoms. The minimum absolute atomic E-state index is 0.00542. The number of rotatable bonds is 59. The fourth-order valence-electron chi connectivity index (χ4n) is 9.78. The summed E-state index contributed by atoms with van der Waals surface area (Å²) in [6.07, 6.45) is 76.1. The zero-order valence-electron chi connectivity index (χ0n) is 47.7. The lowest BCUT2D eigenvalue weighted by Gasteiger charge is -2.20. The molecule has 0 radical (unpaired) electrons. The predicted octanol–water partition coefficient (Wildman–Crippen LogP) is 20.0. The van der Waals surface area contributed by atoms with Crippen LogP contribution in [-0.4, -0.2) is 47.4 Å². The molecule has 0 spiro atoms. The Labute approximate surface area is 443 Å². The number of hydrogen-bond donors (Lipinski definition) is 3. The van der Waals surface area contributed by atoms with Crippen LogP contribution < -0.4 is 5.32 Å². The van der Waals surface area contributed by atoms with Crippen molar-refractivity contribution in [3.63, 3.8) is 0 Å². The van der Waals surface area contributed by atoms with E-state index in [-0.39, 0.29) is 18.5 Å². The van der Waals surface area contributed by atoms with Gasteiger partial charge in [-0.05, 0) is 64.2 Å². The van der Waals surface area contributed by atoms with Crippen molar-refractivity contribution in [2.75, 3.05) is 13.2 Å². The molecule has 0 rings (SSSR count). The summed E-state index contributed by atoms with van der Waals surface area (Å²) in [6, 6.07) is -0.631. The van der Waals surface area contributed by atoms with E-state index in [1.54, 1.807) is 6.08 Å². The molecular formula is C65H123NO5. The molecule has 0 aliphatic heterocycles. The van der Waals surface area contributed by atoms with Gasteiger partial charge in [-0.3, -0.25) is 9.59 Å². The molecule has 0 aliphatic carbocycles. The Morgan fingerprint density at radius 1 is 0.394 bits per heavy atom. The summed E-state index contributed by atoms with van der Waals surface area (Å²) in [4.78, 5) is 24.6. The highest BCUT2D eigenvalue weighted by molar-refractivity contribution is 5.76. The highest BCUT2D eigenvalue weighted by atomic mass is 16.5. The lowest BCUT2D eigenvalue weighted by Crippen LogP contribution is -2.45. The largest absolute Gasteiger partial charge is 0.466 e. The van der Waals surface area contributed by atoms with Crippen molar-refractivity contribution in [2.24, 2.45) is 0 Å². The molecule has 0 saturated heterocycles. The third-order valence-corrected chi connectivity index (χ3v) is 14.7. The molecule has 0 heterocycles. The Morgan fingerprint density at radius 3 is 1.10 bits per heavy atom. The van der Waals surface area contributed by atoms with Crippen molar-refractivity contribution >= 4 is 11.9 Å². The van der Waals surface area contributed by atoms with Gasteiger partial charge in [-0.25, -0.2) is 0 Å². The van der Waals surface area contributed by atoms with Gasteiger partial charge in [0.25, 0.3) is 0 Å². The monoisotopic (exact) mass is 998 g/mol. The molecule has 6 nitrogen and oxygen atoms in total. The van der Waals surface area contributed by atoms with E-state index in [1.807, 2.05) is 6.08 Å².